The summed E-state index contributed by atoms with van der Waals surface area (Å²) in [5.74, 6) is 1.69. The summed E-state index contributed by atoms with van der Waals surface area (Å²) in [7, 11) is 1.87. The van der Waals surface area contributed by atoms with Gasteiger partial charge in [0.15, 0.2) is 5.82 Å². The average molecular weight is 296 g/mol. The van der Waals surface area contributed by atoms with Crippen LogP contribution in [0.25, 0.3) is 5.82 Å². The van der Waals surface area contributed by atoms with E-state index < -0.39 is 0 Å². The van der Waals surface area contributed by atoms with Gasteiger partial charge in [-0.1, -0.05) is 13.3 Å². The Balaban J connectivity index is 2.52. The summed E-state index contributed by atoms with van der Waals surface area (Å²) in [6.07, 6.45) is 7.15. The third-order valence-corrected chi connectivity index (χ3v) is 2.84. The second-order valence-corrected chi connectivity index (χ2v) is 4.54. The van der Waals surface area contributed by atoms with Gasteiger partial charge in [0.25, 0.3) is 0 Å². The molecule has 0 atom stereocenters. The number of anilines is 1. The molecule has 0 saturated heterocycles. The standard InChI is InChI=1S/C11H14BrN5/c1-3-4-9-10(13-2)14-7-15-11(9)17-6-8(12)5-16-17/h5-7H,3-4H2,1-2H3,(H,13,14,15). The van der Waals surface area contributed by atoms with E-state index in [1.54, 1.807) is 17.2 Å². The molecular formula is C11H14BrN5. The molecule has 90 valence electrons. The fraction of sp³-hybridized carbons (Fsp3) is 0.364. The maximum Gasteiger partial charge on any atom is 0.162 e. The third kappa shape index (κ3) is 2.46. The number of nitrogens with one attached hydrogen (secondary N) is 1. The molecule has 1 N–H and O–H groups in total. The van der Waals surface area contributed by atoms with Crippen LogP contribution < -0.4 is 5.32 Å². The van der Waals surface area contributed by atoms with Gasteiger partial charge in [-0.3, -0.25) is 0 Å². The van der Waals surface area contributed by atoms with Crippen molar-refractivity contribution in [3.8, 4) is 5.82 Å². The normalized spacial score (nSPS) is 10.5. The zero-order valence-corrected chi connectivity index (χ0v) is 11.4. The molecule has 2 aromatic rings. The molecule has 6 heteroatoms. The van der Waals surface area contributed by atoms with E-state index in [1.807, 2.05) is 13.2 Å². The van der Waals surface area contributed by atoms with Crippen molar-refractivity contribution in [2.75, 3.05) is 12.4 Å². The Labute approximate surface area is 108 Å². The summed E-state index contributed by atoms with van der Waals surface area (Å²) in [4.78, 5) is 8.55. The number of hydrogen-bond donors (Lipinski definition) is 1. The second kappa shape index (κ2) is 5.27. The van der Waals surface area contributed by atoms with Gasteiger partial charge in [0.2, 0.25) is 0 Å². The lowest BCUT2D eigenvalue weighted by atomic mass is 10.1. The van der Waals surface area contributed by atoms with Crippen molar-refractivity contribution >= 4 is 21.7 Å². The first-order chi connectivity index (χ1) is 8.26. The zero-order valence-electron chi connectivity index (χ0n) is 9.81. The summed E-state index contributed by atoms with van der Waals surface area (Å²) in [5.41, 5.74) is 1.09. The average Bonchev–Trinajstić information content (AvgIpc) is 2.76. The monoisotopic (exact) mass is 295 g/mol. The molecule has 0 aromatic carbocycles. The van der Waals surface area contributed by atoms with Crippen molar-refractivity contribution in [1.29, 1.82) is 0 Å². The maximum atomic E-state index is 4.32. The second-order valence-electron chi connectivity index (χ2n) is 3.63. The molecule has 0 aliphatic heterocycles. The van der Waals surface area contributed by atoms with Crippen LogP contribution in [0.3, 0.4) is 0 Å². The summed E-state index contributed by atoms with van der Waals surface area (Å²) in [6.45, 7) is 2.13. The molecule has 0 unspecified atom stereocenters. The molecule has 2 rings (SSSR count). The lowest BCUT2D eigenvalue weighted by Crippen LogP contribution is -2.08. The predicted molar refractivity (Wildman–Crippen MR) is 70.4 cm³/mol. The van der Waals surface area contributed by atoms with Gasteiger partial charge in [0.05, 0.1) is 10.7 Å². The molecule has 5 nitrogen and oxygen atoms in total. The van der Waals surface area contributed by atoms with Crippen LogP contribution in [0.5, 0.6) is 0 Å². The number of rotatable bonds is 4. The minimum absolute atomic E-state index is 0.830. The van der Waals surface area contributed by atoms with E-state index in [1.165, 1.54) is 0 Å². The number of halogens is 1. The van der Waals surface area contributed by atoms with Gasteiger partial charge in [-0.15, -0.1) is 0 Å². The number of nitrogens with zero attached hydrogens (tertiary/aromatic N) is 4. The highest BCUT2D eigenvalue weighted by Gasteiger charge is 2.12. The Morgan fingerprint density at radius 1 is 1.41 bits per heavy atom. The first kappa shape index (κ1) is 12.0. The summed E-state index contributed by atoms with van der Waals surface area (Å²) >= 11 is 3.39. The van der Waals surface area contributed by atoms with Crippen LogP contribution >= 0.6 is 15.9 Å². The molecule has 0 bridgehead atoms. The molecule has 17 heavy (non-hydrogen) atoms. The SMILES string of the molecule is CCCc1c(NC)ncnc1-n1cc(Br)cn1. The summed E-state index contributed by atoms with van der Waals surface area (Å²) < 4.78 is 2.70. The smallest absolute Gasteiger partial charge is 0.162 e. The number of hydrogen-bond acceptors (Lipinski definition) is 4. The van der Waals surface area contributed by atoms with Gasteiger partial charge < -0.3 is 5.32 Å². The van der Waals surface area contributed by atoms with E-state index in [0.29, 0.717) is 0 Å². The highest BCUT2D eigenvalue weighted by atomic mass is 79.9. The lowest BCUT2D eigenvalue weighted by molar-refractivity contribution is 0.800. The predicted octanol–water partition coefficient (Wildman–Crippen LogP) is 2.42. The van der Waals surface area contributed by atoms with Gasteiger partial charge in [-0.05, 0) is 22.4 Å². The molecule has 0 aliphatic carbocycles. The van der Waals surface area contributed by atoms with Crippen LogP contribution in [-0.4, -0.2) is 26.8 Å². The van der Waals surface area contributed by atoms with E-state index in [-0.39, 0.29) is 0 Å². The molecule has 0 fully saturated rings. The van der Waals surface area contributed by atoms with Crippen LogP contribution in [-0.2, 0) is 6.42 Å². The fourth-order valence-corrected chi connectivity index (χ4v) is 2.00. The molecule has 2 heterocycles. The third-order valence-electron chi connectivity index (χ3n) is 2.43. The van der Waals surface area contributed by atoms with Gasteiger partial charge >= 0.3 is 0 Å². The molecule has 2 aromatic heterocycles. The molecule has 0 radical (unpaired) electrons. The van der Waals surface area contributed by atoms with Crippen molar-refractivity contribution in [2.24, 2.45) is 0 Å². The minimum Gasteiger partial charge on any atom is -0.373 e. The molecule has 0 saturated carbocycles. The molecule has 0 amide bonds. The Morgan fingerprint density at radius 3 is 2.82 bits per heavy atom. The van der Waals surface area contributed by atoms with Crippen molar-refractivity contribution in [2.45, 2.75) is 19.8 Å². The van der Waals surface area contributed by atoms with Crippen LogP contribution in [0.4, 0.5) is 5.82 Å². The topological polar surface area (TPSA) is 55.6 Å². The first-order valence-corrected chi connectivity index (χ1v) is 6.27. The van der Waals surface area contributed by atoms with E-state index in [9.17, 15) is 0 Å². The van der Waals surface area contributed by atoms with Crippen molar-refractivity contribution in [1.82, 2.24) is 19.7 Å². The Bertz CT molecular complexity index is 508. The van der Waals surface area contributed by atoms with Crippen molar-refractivity contribution in [3.05, 3.63) is 28.8 Å². The van der Waals surface area contributed by atoms with Crippen LogP contribution in [0.15, 0.2) is 23.2 Å². The Kier molecular flexibility index (Phi) is 3.73. The highest BCUT2D eigenvalue weighted by molar-refractivity contribution is 9.10. The minimum atomic E-state index is 0.830. The molecular weight excluding hydrogens is 282 g/mol. The van der Waals surface area contributed by atoms with Crippen LogP contribution in [0.2, 0.25) is 0 Å². The van der Waals surface area contributed by atoms with E-state index in [0.717, 1.165) is 34.5 Å². The van der Waals surface area contributed by atoms with E-state index >= 15 is 0 Å². The number of aromatic nitrogens is 4. The van der Waals surface area contributed by atoms with E-state index in [2.05, 4.69) is 43.2 Å². The van der Waals surface area contributed by atoms with Crippen molar-refractivity contribution in [3.63, 3.8) is 0 Å². The Hall–Kier alpha value is -1.43. The maximum absolute atomic E-state index is 4.32. The van der Waals surface area contributed by atoms with Crippen LogP contribution in [0.1, 0.15) is 18.9 Å². The summed E-state index contributed by atoms with van der Waals surface area (Å²) in [5, 5.41) is 7.35. The quantitative estimate of drug-likeness (QED) is 0.941. The van der Waals surface area contributed by atoms with E-state index in [4.69, 9.17) is 0 Å². The highest BCUT2D eigenvalue weighted by Crippen LogP contribution is 2.21. The first-order valence-electron chi connectivity index (χ1n) is 5.48. The molecule has 0 spiro atoms. The Morgan fingerprint density at radius 2 is 2.24 bits per heavy atom. The van der Waals surface area contributed by atoms with Crippen LogP contribution in [0, 0.1) is 0 Å². The van der Waals surface area contributed by atoms with Gasteiger partial charge in [0.1, 0.15) is 12.1 Å². The zero-order chi connectivity index (χ0) is 12.3. The fourth-order valence-electron chi connectivity index (χ4n) is 1.71. The van der Waals surface area contributed by atoms with Crippen molar-refractivity contribution < 1.29 is 0 Å². The lowest BCUT2D eigenvalue weighted by Gasteiger charge is -2.11. The van der Waals surface area contributed by atoms with Gasteiger partial charge in [-0.2, -0.15) is 5.10 Å². The molecule has 0 aliphatic rings. The summed E-state index contributed by atoms with van der Waals surface area (Å²) in [6, 6.07) is 0. The van der Waals surface area contributed by atoms with Gasteiger partial charge in [-0.25, -0.2) is 14.6 Å². The largest absolute Gasteiger partial charge is 0.373 e. The van der Waals surface area contributed by atoms with Gasteiger partial charge in [0, 0.05) is 18.8 Å².